The molecule has 6 aromatic rings. The Balaban J connectivity index is 0.817. The third-order valence-corrected chi connectivity index (χ3v) is 25.7. The van der Waals surface area contributed by atoms with Gasteiger partial charge in [-0.3, -0.25) is 57.5 Å². The molecule has 0 spiro atoms. The number of primary amides is 2. The highest BCUT2D eigenvalue weighted by Gasteiger charge is 2.76. The minimum Gasteiger partial charge on any atom is -0.455 e. The van der Waals surface area contributed by atoms with Crippen LogP contribution >= 0.6 is 0 Å². The summed E-state index contributed by atoms with van der Waals surface area (Å²) in [5.41, 5.74) is 5.62. The summed E-state index contributed by atoms with van der Waals surface area (Å²) in [6, 6.07) is 21.2. The number of H-pyrrole nitrogens is 2. The maximum atomic E-state index is 15.3. The van der Waals surface area contributed by atoms with Crippen LogP contribution in [0.4, 0.5) is 0 Å². The number of nitrogens with two attached hydrogens (primary N) is 2. The van der Waals surface area contributed by atoms with Gasteiger partial charge in [0.05, 0.1) is 60.3 Å². The highest BCUT2D eigenvalue weighted by Crippen LogP contribution is 2.63. The van der Waals surface area contributed by atoms with Gasteiger partial charge in [-0.15, -0.1) is 0 Å². The molecular weight excluding hydrogens is 1700 g/mol. The number of hydrogen-bond acceptors (Lipinski definition) is 24. The van der Waals surface area contributed by atoms with Gasteiger partial charge in [-0.25, -0.2) is 14.6 Å². The summed E-state index contributed by atoms with van der Waals surface area (Å²) in [5.74, 6) is -14.8. The molecule has 2 bridgehead atoms. The van der Waals surface area contributed by atoms with Crippen molar-refractivity contribution in [1.82, 2.24) is 62.8 Å². The lowest BCUT2D eigenvalue weighted by Gasteiger charge is -2.66. The van der Waals surface area contributed by atoms with Crippen LogP contribution in [-0.2, 0) is 101 Å². The van der Waals surface area contributed by atoms with Crippen molar-refractivity contribution in [2.45, 2.75) is 249 Å². The zero-order chi connectivity index (χ0) is 96.4. The van der Waals surface area contributed by atoms with E-state index in [9.17, 15) is 78.0 Å². The van der Waals surface area contributed by atoms with Crippen molar-refractivity contribution in [3.63, 3.8) is 0 Å². The fraction of sp³-hybridized carbons (Fsp3) is 0.510. The number of ether oxygens (including phenoxy) is 4. The Labute approximate surface area is 766 Å². The lowest BCUT2D eigenvalue weighted by Crippen LogP contribution is -2.81. The Morgan fingerprint density at radius 3 is 1.88 bits per heavy atom. The number of aliphatic hydroxyl groups excluding tert-OH is 2. The average Bonchev–Trinajstić information content (AvgIpc) is 0.729. The standard InChI is InChI=1S/C96H126N14O22/c1-51(2)39-59(84(98)118)35-36-61(40-52(3)4)105-88(122)68(43-62-47-100-50-103-62)107-74(114)48-102-90(124)77(53(5)6)110-85(119)55(8)104-87(121)67(42-60-46-101-64-32-23-22-31-63(60)64)109-86(120)65(37-38-72(97)112)108-89(123)66(41-56-25-16-13-17-26-56)106-73(113)33-24-34-75(115)131-80(78(99-12)57-27-18-14-19-28-57)92(126)130-69-45-96(128)83(132-91(125)58-29-20-15-21-30-58)81-94(11,70(111)44-71-95(81,127)49-129-71)82(117)79(116)76(54(69)7)93(96,9)10/h13-23,25-32,35-36,46-47,50-53,55,59,61,65-71,77-81,83,99,101,111,116,127-128H,24,33-34,37-45,48-49H2,1-12H3,(H2,97,112)(H2,98,118)(H,100,103)(H,102,124)(H,104,121)(H,105,122)(H,106,113)(H,107,114)(H,108,123)(H,109,120)(H,110,119)/b36-35+/t55-,59-,61+,65-,66+,67-,68-,69-,70-,71+,77-,78-,79+,80+,81-,83-,94+,95-,96+/m0/s1. The molecule has 3 heterocycles. The van der Waals surface area contributed by atoms with Crippen molar-refractivity contribution < 1.29 is 106 Å². The minimum absolute atomic E-state index is 0.0268. The molecule has 36 heteroatoms. The van der Waals surface area contributed by atoms with Crippen LogP contribution in [0.1, 0.15) is 173 Å². The van der Waals surface area contributed by atoms with Crippen LogP contribution in [0.5, 0.6) is 0 Å². The first-order valence-corrected chi connectivity index (χ1v) is 44.8. The van der Waals surface area contributed by atoms with Crippen molar-refractivity contribution in [2.24, 2.45) is 51.9 Å². The number of hydrogen-bond donors (Lipinski definition) is 17. The topological polar surface area (TPSA) is 562 Å². The molecule has 2 saturated carbocycles. The molecule has 1 saturated heterocycles. The normalized spacial score (nSPS) is 23.1. The average molecular weight is 1830 g/mol. The molecule has 19 N–H and O–H groups in total. The number of fused-ring (bicyclic) bond motifs is 6. The maximum Gasteiger partial charge on any atom is 0.350 e. The van der Waals surface area contributed by atoms with E-state index in [0.717, 1.165) is 0 Å². The van der Waals surface area contributed by atoms with Gasteiger partial charge >= 0.3 is 17.9 Å². The SMILES string of the molecule is CN[C@@H](c1ccccc1)[C@@H](OC(=O)CCCC(=O)N[C@H](Cc1ccccc1)C(=O)N[C@@H](CCC(N)=O)C(=O)N[C@@H](Cc1c[nH]c2ccccc12)C(=O)N[C@@H](C)C(=O)N[C@H](C(=O)NCC(=O)N[C@@H](Cc1c[nH]cn1)C(=O)N[C@H](/C=C/[C@@H](CC(C)C)C(N)=O)CC(C)C)C(C)C)C(=O)O[C@H]1C[C@@]2(O)[C@@H](OC(=O)c3ccccc3)[C@@H]3[C@]4(O)CO[C@@H]4C[C@H](O)[C@@]3(C)C(=O)[C@H](O)C(=C1C)C2(C)C. The minimum atomic E-state index is -2.46. The number of nitrogens with zero attached hydrogens (tertiary/aromatic N) is 1. The van der Waals surface area contributed by atoms with E-state index in [4.69, 9.17) is 30.4 Å². The zero-order valence-electron chi connectivity index (χ0n) is 76.5. The largest absolute Gasteiger partial charge is 0.455 e. The second kappa shape index (κ2) is 44.7. The molecule has 0 radical (unpaired) electrons. The van der Waals surface area contributed by atoms with Crippen LogP contribution in [0.3, 0.4) is 0 Å². The first-order chi connectivity index (χ1) is 62.5. The molecule has 1 aliphatic heterocycles. The highest BCUT2D eigenvalue weighted by molar-refractivity contribution is 5.99. The Kier molecular flexibility index (Phi) is 34.5. The van der Waals surface area contributed by atoms with Crippen LogP contribution < -0.4 is 59.3 Å². The summed E-state index contributed by atoms with van der Waals surface area (Å²) >= 11 is 0. The molecule has 2 aromatic heterocycles. The molecule has 4 aliphatic rings. The van der Waals surface area contributed by atoms with Crippen LogP contribution in [0.15, 0.2) is 157 Å². The predicted octanol–water partition coefficient (Wildman–Crippen LogP) is 3.24. The van der Waals surface area contributed by atoms with E-state index in [1.165, 1.54) is 60.1 Å². The number of likely N-dealkylation sites (N-methyl/N-ethyl adjacent to an activating group) is 1. The quantitative estimate of drug-likeness (QED) is 0.0148. The van der Waals surface area contributed by atoms with Crippen molar-refractivity contribution in [3.8, 4) is 0 Å². The number of amides is 10. The smallest absolute Gasteiger partial charge is 0.350 e. The third-order valence-electron chi connectivity index (χ3n) is 25.7. The van der Waals surface area contributed by atoms with E-state index in [1.807, 2.05) is 27.7 Å². The van der Waals surface area contributed by atoms with Gasteiger partial charge in [0.15, 0.2) is 5.78 Å². The molecule has 4 aromatic carbocycles. The Hall–Kier alpha value is -12.4. The van der Waals surface area contributed by atoms with Crippen LogP contribution in [0.25, 0.3) is 10.9 Å². The van der Waals surface area contributed by atoms with Gasteiger partial charge in [-0.05, 0) is 117 Å². The molecule has 3 aliphatic carbocycles. The van der Waals surface area contributed by atoms with E-state index in [2.05, 4.69) is 62.8 Å². The molecule has 10 amide bonds. The lowest BCUT2D eigenvalue weighted by atomic mass is 9.44. The molecule has 36 nitrogen and oxygen atoms in total. The number of imidazole rings is 1. The lowest BCUT2D eigenvalue weighted by molar-refractivity contribution is -0.343. The number of carbonyl (C=O) groups excluding carboxylic acids is 14. The van der Waals surface area contributed by atoms with E-state index in [-0.39, 0.29) is 60.6 Å². The number of esters is 3. The monoisotopic (exact) mass is 1830 g/mol. The summed E-state index contributed by atoms with van der Waals surface area (Å²) in [6.45, 7) is 17.2. The van der Waals surface area contributed by atoms with Crippen LogP contribution in [-0.4, -0.2) is 228 Å². The second-order valence-electron chi connectivity index (χ2n) is 36.8. The van der Waals surface area contributed by atoms with Gasteiger partial charge in [-0.2, -0.15) is 0 Å². The number of benzene rings is 4. The molecule has 3 fully saturated rings. The number of carbonyl (C=O) groups is 14. The van der Waals surface area contributed by atoms with Crippen molar-refractivity contribution in [1.29, 1.82) is 0 Å². The summed E-state index contributed by atoms with van der Waals surface area (Å²) in [6.07, 6.45) is -4.71. The molecule has 0 unspecified atom stereocenters. The first-order valence-electron chi connectivity index (χ1n) is 44.8. The molecule has 19 atom stereocenters. The van der Waals surface area contributed by atoms with Gasteiger partial charge in [0.25, 0.3) is 0 Å². The Morgan fingerprint density at radius 1 is 0.652 bits per heavy atom. The van der Waals surface area contributed by atoms with Crippen molar-refractivity contribution in [2.75, 3.05) is 20.2 Å². The van der Waals surface area contributed by atoms with Gasteiger partial charge < -0.3 is 109 Å². The fourth-order valence-electron chi connectivity index (χ4n) is 18.3. The Bertz CT molecular complexity index is 5180. The van der Waals surface area contributed by atoms with Crippen molar-refractivity contribution in [3.05, 3.63) is 185 Å². The summed E-state index contributed by atoms with van der Waals surface area (Å²) in [4.78, 5) is 210. The number of Topliss-reactive ketones (excluding diaryl/α,β-unsaturated/α-hetero) is 1. The number of ketones is 1. The second-order valence-corrected chi connectivity index (χ2v) is 36.8. The van der Waals surface area contributed by atoms with Gasteiger partial charge in [0, 0.05) is 92.0 Å². The number of para-hydroxylation sites is 1. The van der Waals surface area contributed by atoms with E-state index in [1.54, 1.807) is 142 Å². The summed E-state index contributed by atoms with van der Waals surface area (Å²) in [5, 5.41) is 76.1. The highest BCUT2D eigenvalue weighted by atomic mass is 16.6. The fourth-order valence-corrected chi connectivity index (χ4v) is 18.3. The molecular formula is C96H126N14O22. The number of aromatic amines is 2. The summed E-state index contributed by atoms with van der Waals surface area (Å²) in [7, 11) is 1.49. The first kappa shape index (κ1) is 102. The maximum absolute atomic E-state index is 15.3. The number of aliphatic hydroxyl groups is 4. The number of aromatic nitrogens is 3. The molecule has 10 rings (SSSR count). The van der Waals surface area contributed by atoms with Crippen molar-refractivity contribution >= 4 is 93.7 Å². The van der Waals surface area contributed by atoms with Crippen LogP contribution in [0.2, 0.25) is 0 Å². The van der Waals surface area contributed by atoms with Gasteiger partial charge in [0.1, 0.15) is 65.8 Å². The predicted molar refractivity (Wildman–Crippen MR) is 482 cm³/mol. The Morgan fingerprint density at radius 2 is 1.26 bits per heavy atom. The molecule has 132 heavy (non-hydrogen) atoms. The van der Waals surface area contributed by atoms with E-state index >= 15 is 9.59 Å². The van der Waals surface area contributed by atoms with E-state index in [0.29, 0.717) is 46.1 Å². The summed E-state index contributed by atoms with van der Waals surface area (Å²) < 4.78 is 24.5. The molecule has 712 valence electrons. The van der Waals surface area contributed by atoms with Gasteiger partial charge in [0.2, 0.25) is 65.2 Å². The number of nitrogens with one attached hydrogen (secondary N) is 11. The van der Waals surface area contributed by atoms with E-state index < -0.39 is 253 Å². The zero-order valence-corrected chi connectivity index (χ0v) is 76.5. The van der Waals surface area contributed by atoms with Crippen LogP contribution in [0, 0.1) is 40.4 Å². The third kappa shape index (κ3) is 24.5. The number of rotatable bonds is 44. The van der Waals surface area contributed by atoms with Gasteiger partial charge in [-0.1, -0.05) is 165 Å².